The molecule has 1 rings (SSSR count). The van der Waals surface area contributed by atoms with Crippen molar-refractivity contribution >= 4 is 27.5 Å². The largest absolute Gasteiger partial charge is 0.447 e. The van der Waals surface area contributed by atoms with Gasteiger partial charge in [0.1, 0.15) is 6.61 Å². The minimum Gasteiger partial charge on any atom is -0.447 e. The monoisotopic (exact) mass is 288 g/mol. The van der Waals surface area contributed by atoms with Gasteiger partial charge in [-0.15, -0.1) is 0 Å². The van der Waals surface area contributed by atoms with E-state index >= 15 is 0 Å². The molecule has 1 aromatic rings. The van der Waals surface area contributed by atoms with Crippen LogP contribution in [0.15, 0.2) is 18.2 Å². The molecule has 0 aliphatic rings. The van der Waals surface area contributed by atoms with E-state index in [2.05, 4.69) is 14.8 Å². The summed E-state index contributed by atoms with van der Waals surface area (Å²) in [6.07, 6.45) is 0.377. The third-order valence-electron chi connectivity index (χ3n) is 2.09. The van der Waals surface area contributed by atoms with E-state index in [9.17, 15) is 13.2 Å². The van der Waals surface area contributed by atoms with Crippen molar-refractivity contribution in [3.8, 4) is 0 Å². The zero-order chi connectivity index (χ0) is 14.5. The zero-order valence-corrected chi connectivity index (χ0v) is 11.5. The summed E-state index contributed by atoms with van der Waals surface area (Å²) in [5.74, 6) is 0. The third kappa shape index (κ3) is 5.58. The molecule has 0 aliphatic heterocycles. The van der Waals surface area contributed by atoms with E-state index in [0.717, 1.165) is 6.26 Å². The lowest BCUT2D eigenvalue weighted by Crippen LogP contribution is -2.16. The van der Waals surface area contributed by atoms with Gasteiger partial charge < -0.3 is 9.84 Å². The van der Waals surface area contributed by atoms with Crippen molar-refractivity contribution in [2.24, 2.45) is 0 Å². The number of nitrogens with one attached hydrogen (secondary N) is 2. The molecule has 0 heterocycles. The van der Waals surface area contributed by atoms with Gasteiger partial charge in [0.25, 0.3) is 0 Å². The van der Waals surface area contributed by atoms with E-state index in [1.807, 2.05) is 0 Å². The predicted octanol–water partition coefficient (Wildman–Crippen LogP) is 0.907. The van der Waals surface area contributed by atoms with Crippen molar-refractivity contribution in [1.29, 1.82) is 0 Å². The third-order valence-corrected chi connectivity index (χ3v) is 2.68. The number of aliphatic hydroxyl groups excluding tert-OH is 1. The van der Waals surface area contributed by atoms with Crippen LogP contribution in [0.1, 0.15) is 5.56 Å². The Morgan fingerprint density at radius 2 is 2.11 bits per heavy atom. The lowest BCUT2D eigenvalue weighted by Gasteiger charge is -2.10. The Morgan fingerprint density at radius 1 is 1.42 bits per heavy atom. The molecule has 1 aromatic carbocycles. The van der Waals surface area contributed by atoms with Crippen LogP contribution < -0.4 is 10.0 Å². The van der Waals surface area contributed by atoms with Crippen LogP contribution in [-0.4, -0.2) is 39.1 Å². The number of anilines is 2. The minimum atomic E-state index is -3.34. The SMILES string of the molecule is Cc1cc(NC(=O)OCCO)ccc1NS(C)(=O)=O. The molecule has 1 amide bonds. The van der Waals surface area contributed by atoms with E-state index in [-0.39, 0.29) is 13.2 Å². The highest BCUT2D eigenvalue weighted by Crippen LogP contribution is 2.20. The first-order valence-electron chi connectivity index (χ1n) is 5.45. The maximum absolute atomic E-state index is 11.2. The van der Waals surface area contributed by atoms with Gasteiger partial charge in [0.05, 0.1) is 18.6 Å². The number of carbonyl (C=O) groups is 1. The molecule has 106 valence electrons. The van der Waals surface area contributed by atoms with Crippen LogP contribution in [0.3, 0.4) is 0 Å². The molecule has 0 aliphatic carbocycles. The number of rotatable bonds is 5. The molecule has 8 heteroatoms. The molecular weight excluding hydrogens is 272 g/mol. The van der Waals surface area contributed by atoms with Gasteiger partial charge in [0.2, 0.25) is 10.0 Å². The lowest BCUT2D eigenvalue weighted by molar-refractivity contribution is 0.131. The standard InChI is InChI=1S/C11H16N2O5S/c1-8-7-9(12-11(15)18-6-5-14)3-4-10(8)13-19(2,16)17/h3-4,7,13-14H,5-6H2,1-2H3,(H,12,15). The number of ether oxygens (including phenoxy) is 1. The second-order valence-corrected chi connectivity index (χ2v) is 5.64. The summed E-state index contributed by atoms with van der Waals surface area (Å²) in [5.41, 5.74) is 1.57. The number of benzene rings is 1. The lowest BCUT2D eigenvalue weighted by atomic mass is 10.2. The molecule has 0 bridgehead atoms. The predicted molar refractivity (Wildman–Crippen MR) is 71.7 cm³/mol. The molecule has 0 atom stereocenters. The molecule has 0 fully saturated rings. The van der Waals surface area contributed by atoms with Crippen LogP contribution >= 0.6 is 0 Å². The number of hydrogen-bond acceptors (Lipinski definition) is 5. The van der Waals surface area contributed by atoms with Crippen LogP contribution in [-0.2, 0) is 14.8 Å². The fourth-order valence-corrected chi connectivity index (χ4v) is 1.98. The summed E-state index contributed by atoms with van der Waals surface area (Å²) in [6.45, 7) is 1.37. The summed E-state index contributed by atoms with van der Waals surface area (Å²) in [5, 5.41) is 11.0. The van der Waals surface area contributed by atoms with Crippen molar-refractivity contribution in [3.63, 3.8) is 0 Å². The van der Waals surface area contributed by atoms with E-state index < -0.39 is 16.1 Å². The molecule has 0 aromatic heterocycles. The number of amides is 1. The first-order valence-corrected chi connectivity index (χ1v) is 7.34. The van der Waals surface area contributed by atoms with Crippen LogP contribution in [0, 0.1) is 6.92 Å². The summed E-state index contributed by atoms with van der Waals surface area (Å²) in [6, 6.07) is 4.69. The van der Waals surface area contributed by atoms with Gasteiger partial charge in [-0.3, -0.25) is 10.0 Å². The molecule has 0 radical (unpaired) electrons. The number of aliphatic hydroxyl groups is 1. The van der Waals surface area contributed by atoms with Crippen molar-refractivity contribution in [2.75, 3.05) is 29.5 Å². The van der Waals surface area contributed by atoms with Gasteiger partial charge in [-0.25, -0.2) is 13.2 Å². The fraction of sp³-hybridized carbons (Fsp3) is 0.364. The Hall–Kier alpha value is -1.80. The van der Waals surface area contributed by atoms with Gasteiger partial charge in [0, 0.05) is 5.69 Å². The van der Waals surface area contributed by atoms with E-state index in [1.54, 1.807) is 19.1 Å². The summed E-state index contributed by atoms with van der Waals surface area (Å²) in [7, 11) is -3.34. The fourth-order valence-electron chi connectivity index (χ4n) is 1.35. The first kappa shape index (κ1) is 15.3. The maximum atomic E-state index is 11.2. The van der Waals surface area contributed by atoms with Crippen LogP contribution in [0.25, 0.3) is 0 Å². The van der Waals surface area contributed by atoms with Crippen LogP contribution in [0.4, 0.5) is 16.2 Å². The van der Waals surface area contributed by atoms with Crippen molar-refractivity contribution in [2.45, 2.75) is 6.92 Å². The molecular formula is C11H16N2O5S. The molecule has 19 heavy (non-hydrogen) atoms. The van der Waals surface area contributed by atoms with Crippen molar-refractivity contribution in [1.82, 2.24) is 0 Å². The normalized spacial score (nSPS) is 10.9. The quantitative estimate of drug-likeness (QED) is 0.747. The Kier molecular flexibility index (Phi) is 5.13. The van der Waals surface area contributed by atoms with Gasteiger partial charge in [-0.2, -0.15) is 0 Å². The van der Waals surface area contributed by atoms with Gasteiger partial charge in [0.15, 0.2) is 0 Å². The van der Waals surface area contributed by atoms with Gasteiger partial charge in [-0.05, 0) is 30.7 Å². The highest BCUT2D eigenvalue weighted by atomic mass is 32.2. The summed E-state index contributed by atoms with van der Waals surface area (Å²) >= 11 is 0. The van der Waals surface area contributed by atoms with Crippen molar-refractivity contribution in [3.05, 3.63) is 23.8 Å². The maximum Gasteiger partial charge on any atom is 0.411 e. The average molecular weight is 288 g/mol. The van der Waals surface area contributed by atoms with Crippen LogP contribution in [0.5, 0.6) is 0 Å². The molecule has 0 saturated heterocycles. The first-order chi connectivity index (χ1) is 8.81. The Morgan fingerprint density at radius 3 is 2.63 bits per heavy atom. The minimum absolute atomic E-state index is 0.0848. The van der Waals surface area contributed by atoms with E-state index in [4.69, 9.17) is 5.11 Å². The molecule has 0 unspecified atom stereocenters. The second kappa shape index (κ2) is 6.39. The summed E-state index contributed by atoms with van der Waals surface area (Å²) in [4.78, 5) is 11.2. The molecule has 0 saturated carbocycles. The van der Waals surface area contributed by atoms with Gasteiger partial charge in [-0.1, -0.05) is 0 Å². The summed E-state index contributed by atoms with van der Waals surface area (Å²) < 4.78 is 29.2. The van der Waals surface area contributed by atoms with E-state index in [1.165, 1.54) is 6.07 Å². The second-order valence-electron chi connectivity index (χ2n) is 3.89. The van der Waals surface area contributed by atoms with Gasteiger partial charge >= 0.3 is 6.09 Å². The molecule has 7 nitrogen and oxygen atoms in total. The molecule has 0 spiro atoms. The zero-order valence-electron chi connectivity index (χ0n) is 10.6. The highest BCUT2D eigenvalue weighted by Gasteiger charge is 2.07. The Bertz CT molecular complexity index is 556. The number of aryl methyl sites for hydroxylation is 1. The highest BCUT2D eigenvalue weighted by molar-refractivity contribution is 7.92. The van der Waals surface area contributed by atoms with Crippen LogP contribution in [0.2, 0.25) is 0 Å². The number of sulfonamides is 1. The topological polar surface area (TPSA) is 105 Å². The van der Waals surface area contributed by atoms with Crippen molar-refractivity contribution < 1.29 is 23.1 Å². The average Bonchev–Trinajstić information content (AvgIpc) is 2.28. The van der Waals surface area contributed by atoms with E-state index in [0.29, 0.717) is 16.9 Å². The number of carbonyl (C=O) groups excluding carboxylic acids is 1. The Balaban J connectivity index is 2.74. The number of hydrogen-bond donors (Lipinski definition) is 3. The Labute approximate surface area is 111 Å². The molecule has 3 N–H and O–H groups in total. The smallest absolute Gasteiger partial charge is 0.411 e.